The Labute approximate surface area is 115 Å². The maximum Gasteiger partial charge on any atom is 0.248 e. The number of halogens is 4. The molecule has 0 bridgehead atoms. The number of alkyl halides is 2. The van der Waals surface area contributed by atoms with E-state index in [0.29, 0.717) is 23.4 Å². The van der Waals surface area contributed by atoms with E-state index < -0.39 is 17.8 Å². The molecule has 0 heterocycles. The molecule has 3 N–H and O–H groups in total. The van der Waals surface area contributed by atoms with E-state index in [9.17, 15) is 13.2 Å². The molecule has 106 valence electrons. The summed E-state index contributed by atoms with van der Waals surface area (Å²) < 4.78 is 40.0. The normalized spacial score (nSPS) is 23.5. The third-order valence-corrected chi connectivity index (χ3v) is 3.84. The van der Waals surface area contributed by atoms with Crippen LogP contribution in [0.1, 0.15) is 37.3 Å². The highest BCUT2D eigenvalue weighted by Crippen LogP contribution is 2.42. The third-order valence-electron chi connectivity index (χ3n) is 3.61. The largest absolute Gasteiger partial charge is 0.271 e. The van der Waals surface area contributed by atoms with Crippen molar-refractivity contribution in [3.05, 3.63) is 34.6 Å². The molecule has 1 aromatic rings. The van der Waals surface area contributed by atoms with E-state index >= 15 is 0 Å². The summed E-state index contributed by atoms with van der Waals surface area (Å²) in [6.45, 7) is 0. The van der Waals surface area contributed by atoms with Gasteiger partial charge in [-0.3, -0.25) is 11.3 Å². The van der Waals surface area contributed by atoms with E-state index in [4.69, 9.17) is 17.4 Å². The van der Waals surface area contributed by atoms with E-state index in [-0.39, 0.29) is 18.8 Å². The first-order valence-electron chi connectivity index (χ1n) is 6.20. The lowest BCUT2D eigenvalue weighted by atomic mass is 9.93. The number of nitrogens with two attached hydrogens (primary N) is 1. The van der Waals surface area contributed by atoms with Crippen LogP contribution < -0.4 is 11.3 Å². The Morgan fingerprint density at radius 3 is 2.79 bits per heavy atom. The molecule has 2 nitrogen and oxygen atoms in total. The van der Waals surface area contributed by atoms with E-state index in [1.807, 2.05) is 0 Å². The van der Waals surface area contributed by atoms with Crippen LogP contribution in [0.5, 0.6) is 0 Å². The van der Waals surface area contributed by atoms with Gasteiger partial charge in [0.15, 0.2) is 0 Å². The molecule has 0 amide bonds. The number of hydrogen-bond acceptors (Lipinski definition) is 2. The molecule has 0 saturated heterocycles. The van der Waals surface area contributed by atoms with Crippen molar-refractivity contribution in [2.45, 2.75) is 37.6 Å². The van der Waals surface area contributed by atoms with Crippen LogP contribution in [0.2, 0.25) is 5.02 Å². The third kappa shape index (κ3) is 3.61. The molecule has 2 rings (SSSR count). The average molecular weight is 293 g/mol. The molecule has 0 spiro atoms. The zero-order valence-electron chi connectivity index (χ0n) is 10.3. The summed E-state index contributed by atoms with van der Waals surface area (Å²) in [6, 6.07) is 3.68. The predicted molar refractivity (Wildman–Crippen MR) is 68.4 cm³/mol. The molecular weight excluding hydrogens is 277 g/mol. The Morgan fingerprint density at radius 2 is 2.21 bits per heavy atom. The van der Waals surface area contributed by atoms with Gasteiger partial charge in [-0.15, -0.1) is 0 Å². The lowest BCUT2D eigenvalue weighted by Gasteiger charge is -2.21. The topological polar surface area (TPSA) is 38.0 Å². The van der Waals surface area contributed by atoms with Crippen LogP contribution >= 0.6 is 11.6 Å². The first-order valence-corrected chi connectivity index (χ1v) is 6.58. The van der Waals surface area contributed by atoms with Crippen molar-refractivity contribution in [2.24, 2.45) is 11.8 Å². The first kappa shape index (κ1) is 14.6. The van der Waals surface area contributed by atoms with Gasteiger partial charge in [-0.25, -0.2) is 13.2 Å². The molecule has 1 saturated carbocycles. The van der Waals surface area contributed by atoms with Crippen molar-refractivity contribution in [1.82, 2.24) is 5.43 Å². The van der Waals surface area contributed by atoms with E-state index in [0.717, 1.165) is 0 Å². The molecular formula is C13H16ClF3N2. The summed E-state index contributed by atoms with van der Waals surface area (Å²) >= 11 is 5.82. The molecule has 0 aromatic heterocycles. The lowest BCUT2D eigenvalue weighted by Crippen LogP contribution is -2.30. The quantitative estimate of drug-likeness (QED) is 0.654. The molecule has 1 aliphatic carbocycles. The molecule has 19 heavy (non-hydrogen) atoms. The van der Waals surface area contributed by atoms with Crippen molar-refractivity contribution in [3.8, 4) is 0 Å². The number of nitrogens with one attached hydrogen (secondary N) is 1. The van der Waals surface area contributed by atoms with Crippen molar-refractivity contribution in [3.63, 3.8) is 0 Å². The Balaban J connectivity index is 2.10. The van der Waals surface area contributed by atoms with Gasteiger partial charge in [-0.1, -0.05) is 11.6 Å². The molecule has 1 fully saturated rings. The van der Waals surface area contributed by atoms with Crippen LogP contribution in [0.25, 0.3) is 0 Å². The van der Waals surface area contributed by atoms with Crippen LogP contribution in [0, 0.1) is 11.7 Å². The first-order chi connectivity index (χ1) is 8.91. The van der Waals surface area contributed by atoms with Crippen molar-refractivity contribution < 1.29 is 13.2 Å². The minimum Gasteiger partial charge on any atom is -0.271 e. The van der Waals surface area contributed by atoms with Gasteiger partial charge in [0.2, 0.25) is 5.92 Å². The summed E-state index contributed by atoms with van der Waals surface area (Å²) in [4.78, 5) is 0. The second-order valence-corrected chi connectivity index (χ2v) is 5.52. The standard InChI is InChI=1S/C13H16ClF3N2/c14-9-1-2-11(15)10(6-9)12(19-18)5-8-3-4-13(16,17)7-8/h1-2,6,8,12,19H,3-5,7,18H2. The smallest absolute Gasteiger partial charge is 0.248 e. The maximum absolute atomic E-state index is 13.7. The van der Waals surface area contributed by atoms with Crippen LogP contribution in [-0.4, -0.2) is 5.92 Å². The molecule has 0 radical (unpaired) electrons. The predicted octanol–water partition coefficient (Wildman–Crippen LogP) is 3.81. The molecule has 2 atom stereocenters. The van der Waals surface area contributed by atoms with Gasteiger partial charge < -0.3 is 0 Å². The molecule has 6 heteroatoms. The second-order valence-electron chi connectivity index (χ2n) is 5.09. The van der Waals surface area contributed by atoms with Gasteiger partial charge in [0, 0.05) is 29.5 Å². The van der Waals surface area contributed by atoms with Gasteiger partial charge in [0.05, 0.1) is 0 Å². The molecule has 2 unspecified atom stereocenters. The summed E-state index contributed by atoms with van der Waals surface area (Å²) in [5, 5.41) is 0.397. The van der Waals surface area contributed by atoms with E-state index in [1.54, 1.807) is 0 Å². The molecule has 1 aromatic carbocycles. The molecule has 1 aliphatic rings. The average Bonchev–Trinajstić information content (AvgIpc) is 2.69. The van der Waals surface area contributed by atoms with Gasteiger partial charge in [0.1, 0.15) is 5.82 Å². The minimum absolute atomic E-state index is 0.104. The summed E-state index contributed by atoms with van der Waals surface area (Å²) in [5.41, 5.74) is 2.82. The summed E-state index contributed by atoms with van der Waals surface area (Å²) in [6.07, 6.45) is 0.553. The Hall–Kier alpha value is -0.780. The summed E-state index contributed by atoms with van der Waals surface area (Å²) in [7, 11) is 0. The van der Waals surface area contributed by atoms with Gasteiger partial charge >= 0.3 is 0 Å². The maximum atomic E-state index is 13.7. The molecule has 0 aliphatic heterocycles. The Kier molecular flexibility index (Phi) is 4.38. The highest BCUT2D eigenvalue weighted by Gasteiger charge is 2.40. The fourth-order valence-corrected chi connectivity index (χ4v) is 2.82. The van der Waals surface area contributed by atoms with E-state index in [1.165, 1.54) is 18.2 Å². The van der Waals surface area contributed by atoms with Gasteiger partial charge in [-0.2, -0.15) is 0 Å². The SMILES string of the molecule is NNC(CC1CCC(F)(F)C1)c1cc(Cl)ccc1F. The minimum atomic E-state index is -2.60. The Morgan fingerprint density at radius 1 is 1.47 bits per heavy atom. The summed E-state index contributed by atoms with van der Waals surface area (Å²) in [5.74, 6) is 2.23. The van der Waals surface area contributed by atoms with Crippen LogP contribution in [-0.2, 0) is 0 Å². The zero-order valence-corrected chi connectivity index (χ0v) is 11.1. The Bertz CT molecular complexity index is 454. The fourth-order valence-electron chi connectivity index (χ4n) is 2.64. The van der Waals surface area contributed by atoms with Crippen molar-refractivity contribution in [1.29, 1.82) is 0 Å². The number of rotatable bonds is 4. The fraction of sp³-hybridized carbons (Fsp3) is 0.538. The highest BCUT2D eigenvalue weighted by molar-refractivity contribution is 6.30. The van der Waals surface area contributed by atoms with Gasteiger partial charge in [0.25, 0.3) is 0 Å². The van der Waals surface area contributed by atoms with Crippen molar-refractivity contribution >= 4 is 11.6 Å². The van der Waals surface area contributed by atoms with Crippen LogP contribution in [0.3, 0.4) is 0 Å². The van der Waals surface area contributed by atoms with Crippen LogP contribution in [0.4, 0.5) is 13.2 Å². The van der Waals surface area contributed by atoms with E-state index in [2.05, 4.69) is 5.43 Å². The number of hydrogen-bond donors (Lipinski definition) is 2. The number of hydrazine groups is 1. The van der Waals surface area contributed by atoms with Crippen molar-refractivity contribution in [2.75, 3.05) is 0 Å². The van der Waals surface area contributed by atoms with Gasteiger partial charge in [-0.05, 0) is 37.0 Å². The monoisotopic (exact) mass is 292 g/mol. The number of benzene rings is 1. The lowest BCUT2D eigenvalue weighted by molar-refractivity contribution is 0.00429. The highest BCUT2D eigenvalue weighted by atomic mass is 35.5. The van der Waals surface area contributed by atoms with Crippen LogP contribution in [0.15, 0.2) is 18.2 Å². The zero-order chi connectivity index (χ0) is 14.0. The second kappa shape index (κ2) is 5.69.